The Morgan fingerprint density at radius 2 is 2.04 bits per heavy atom. The summed E-state index contributed by atoms with van der Waals surface area (Å²) >= 11 is 0. The van der Waals surface area contributed by atoms with Crippen molar-refractivity contribution in [3.05, 3.63) is 23.9 Å². The molecule has 1 rings (SSSR count). The van der Waals surface area contributed by atoms with Crippen LogP contribution < -0.4 is 10.6 Å². The van der Waals surface area contributed by atoms with Crippen molar-refractivity contribution in [3.63, 3.8) is 0 Å². The van der Waals surface area contributed by atoms with Gasteiger partial charge >= 0.3 is 5.97 Å². The summed E-state index contributed by atoms with van der Waals surface area (Å²) < 4.78 is 5.20. The monoisotopic (exact) mass is 337 g/mol. The molecule has 7 nitrogen and oxygen atoms in total. The highest BCUT2D eigenvalue weighted by molar-refractivity contribution is 5.87. The average Bonchev–Trinajstić information content (AvgIpc) is 2.53. The first-order valence-electron chi connectivity index (χ1n) is 7.57. The fraction of sp³-hybridized carbons (Fsp3) is 0.471. The van der Waals surface area contributed by atoms with Crippen LogP contribution in [0.4, 0.5) is 11.5 Å². The molecule has 0 bridgehead atoms. The Labute approximate surface area is 143 Å². The number of pyridine rings is 1. The van der Waals surface area contributed by atoms with E-state index >= 15 is 0 Å². The highest BCUT2D eigenvalue weighted by Gasteiger charge is 2.13. The Bertz CT molecular complexity index is 551. The van der Waals surface area contributed by atoms with Gasteiger partial charge in [0.15, 0.2) is 0 Å². The van der Waals surface area contributed by atoms with Crippen LogP contribution in [0, 0.1) is 0 Å². The number of nitrogens with zero attached hydrogens (tertiary/aromatic N) is 1. The number of esters is 1. The summed E-state index contributed by atoms with van der Waals surface area (Å²) in [6.07, 6.45) is 5.94. The molecule has 0 saturated heterocycles. The third-order valence-electron chi connectivity index (χ3n) is 2.54. The van der Waals surface area contributed by atoms with Crippen LogP contribution in [0.2, 0.25) is 0 Å². The van der Waals surface area contributed by atoms with Gasteiger partial charge in [0.2, 0.25) is 0 Å². The molecule has 0 radical (unpaired) electrons. The predicted molar refractivity (Wildman–Crippen MR) is 96.0 cm³/mol. The van der Waals surface area contributed by atoms with Gasteiger partial charge in [0, 0.05) is 39.4 Å². The minimum atomic E-state index is -0.517. The summed E-state index contributed by atoms with van der Waals surface area (Å²) in [4.78, 5) is 26.3. The van der Waals surface area contributed by atoms with E-state index in [2.05, 4.69) is 15.6 Å². The molecule has 1 aromatic heterocycles. The molecule has 0 aromatic carbocycles. The molecular formula is C17H27N3O4. The van der Waals surface area contributed by atoms with Gasteiger partial charge in [-0.2, -0.15) is 0 Å². The summed E-state index contributed by atoms with van der Waals surface area (Å²) in [7, 11) is 2.77. The van der Waals surface area contributed by atoms with Crippen molar-refractivity contribution < 1.29 is 19.4 Å². The molecule has 3 N–H and O–H groups in total. The van der Waals surface area contributed by atoms with Crippen molar-refractivity contribution in [2.45, 2.75) is 32.8 Å². The lowest BCUT2D eigenvalue weighted by Gasteiger charge is -2.17. The van der Waals surface area contributed by atoms with Crippen molar-refractivity contribution in [1.82, 2.24) is 4.98 Å². The van der Waals surface area contributed by atoms with Crippen LogP contribution in [0.3, 0.4) is 0 Å². The van der Waals surface area contributed by atoms with Crippen molar-refractivity contribution in [1.29, 1.82) is 0 Å². The molecule has 0 spiro atoms. The maximum absolute atomic E-state index is 11.7. The number of aliphatic hydroxyl groups is 1. The summed E-state index contributed by atoms with van der Waals surface area (Å²) in [5, 5.41) is 13.1. The zero-order valence-corrected chi connectivity index (χ0v) is 14.9. The summed E-state index contributed by atoms with van der Waals surface area (Å²) in [5.74, 6) is 0.279. The Morgan fingerprint density at radius 1 is 1.38 bits per heavy atom. The molecule has 0 aliphatic rings. The lowest BCUT2D eigenvalue weighted by molar-refractivity contribution is -0.148. The van der Waals surface area contributed by atoms with Gasteiger partial charge in [-0.05, 0) is 38.5 Å². The van der Waals surface area contributed by atoms with Crippen molar-refractivity contribution in [2.75, 3.05) is 31.3 Å². The number of rotatable bonds is 7. The lowest BCUT2D eigenvalue weighted by Crippen LogP contribution is -2.22. The topological polar surface area (TPSA) is 101 Å². The van der Waals surface area contributed by atoms with Crippen molar-refractivity contribution in [2.24, 2.45) is 0 Å². The Hall–Kier alpha value is -2.41. The summed E-state index contributed by atoms with van der Waals surface area (Å²) in [5.41, 5.74) is 1.02. The maximum atomic E-state index is 11.7. The molecule has 0 saturated carbocycles. The number of nitrogens with one attached hydrogen (secondary N) is 2. The Kier molecular flexibility index (Phi) is 10.1. The maximum Gasteiger partial charge on any atom is 0.331 e. The average molecular weight is 337 g/mol. The standard InChI is InChI=1S/C16H23N3O3.CH4O/c1-16(2,3)22-14(21)7-6-12-10-13(18-8-5-9-20)15(17-4)19-11-12;1-2/h6-7,9-11,18H,5,8H2,1-4H3,(H,17,19);2H,1H3/b7-6+;. The molecule has 24 heavy (non-hydrogen) atoms. The predicted octanol–water partition coefficient (Wildman–Crippen LogP) is 2.09. The van der Waals surface area contributed by atoms with Crippen molar-refractivity contribution >= 4 is 29.8 Å². The molecule has 0 unspecified atom stereocenters. The smallest absolute Gasteiger partial charge is 0.331 e. The van der Waals surface area contributed by atoms with E-state index in [1.165, 1.54) is 6.08 Å². The number of aromatic nitrogens is 1. The van der Waals surface area contributed by atoms with Gasteiger partial charge in [0.25, 0.3) is 0 Å². The van der Waals surface area contributed by atoms with E-state index in [1.807, 2.05) is 26.8 Å². The molecular weight excluding hydrogens is 310 g/mol. The second-order valence-electron chi connectivity index (χ2n) is 5.66. The van der Waals surface area contributed by atoms with Crippen LogP contribution in [0.15, 0.2) is 18.3 Å². The molecule has 1 heterocycles. The van der Waals surface area contributed by atoms with E-state index < -0.39 is 11.6 Å². The first-order valence-corrected chi connectivity index (χ1v) is 7.57. The zero-order valence-electron chi connectivity index (χ0n) is 14.9. The minimum absolute atomic E-state index is 0.402. The second-order valence-corrected chi connectivity index (χ2v) is 5.66. The van der Waals surface area contributed by atoms with Gasteiger partial charge in [0.1, 0.15) is 17.7 Å². The number of carbonyl (C=O) groups excluding carboxylic acids is 2. The molecule has 134 valence electrons. The zero-order chi connectivity index (χ0) is 18.6. The normalized spacial score (nSPS) is 10.6. The fourth-order valence-electron chi connectivity index (χ4n) is 1.67. The van der Waals surface area contributed by atoms with Crippen LogP contribution in [-0.2, 0) is 14.3 Å². The highest BCUT2D eigenvalue weighted by Crippen LogP contribution is 2.20. The molecule has 0 aliphatic heterocycles. The number of carbonyl (C=O) groups is 2. The molecule has 0 aliphatic carbocycles. The van der Waals surface area contributed by atoms with E-state index in [9.17, 15) is 9.59 Å². The number of aliphatic hydroxyl groups excluding tert-OH is 1. The first kappa shape index (κ1) is 21.6. The van der Waals surface area contributed by atoms with E-state index in [0.717, 1.165) is 24.6 Å². The lowest BCUT2D eigenvalue weighted by atomic mass is 10.2. The van der Waals surface area contributed by atoms with E-state index in [4.69, 9.17) is 9.84 Å². The van der Waals surface area contributed by atoms with Crippen LogP contribution in [0.5, 0.6) is 0 Å². The number of hydrogen-bond donors (Lipinski definition) is 3. The van der Waals surface area contributed by atoms with Crippen LogP contribution in [-0.4, -0.2) is 48.6 Å². The highest BCUT2D eigenvalue weighted by atomic mass is 16.6. The van der Waals surface area contributed by atoms with E-state index in [-0.39, 0.29) is 0 Å². The number of anilines is 2. The van der Waals surface area contributed by atoms with Crippen LogP contribution in [0.25, 0.3) is 6.08 Å². The van der Waals surface area contributed by atoms with Crippen molar-refractivity contribution in [3.8, 4) is 0 Å². The van der Waals surface area contributed by atoms with Crippen LogP contribution in [0.1, 0.15) is 32.8 Å². The Balaban J connectivity index is 0.00000254. The van der Waals surface area contributed by atoms with E-state index in [0.29, 0.717) is 18.8 Å². The SMILES string of the molecule is CNc1ncc(/C=C/C(=O)OC(C)(C)C)cc1NCCC=O.CO. The number of ether oxygens (including phenoxy) is 1. The number of aldehydes is 1. The molecule has 0 fully saturated rings. The second kappa shape index (κ2) is 11.2. The molecule has 7 heteroatoms. The van der Waals surface area contributed by atoms with Crippen LogP contribution >= 0.6 is 0 Å². The minimum Gasteiger partial charge on any atom is -0.457 e. The third-order valence-corrected chi connectivity index (χ3v) is 2.54. The van der Waals surface area contributed by atoms with Gasteiger partial charge in [-0.1, -0.05) is 0 Å². The molecule has 0 atom stereocenters. The largest absolute Gasteiger partial charge is 0.457 e. The van der Waals surface area contributed by atoms with Gasteiger partial charge in [-0.15, -0.1) is 0 Å². The summed E-state index contributed by atoms with van der Waals surface area (Å²) in [6.45, 7) is 5.98. The van der Waals surface area contributed by atoms with Gasteiger partial charge in [-0.3, -0.25) is 0 Å². The Morgan fingerprint density at radius 3 is 2.58 bits per heavy atom. The molecule has 0 amide bonds. The third kappa shape index (κ3) is 8.89. The van der Waals surface area contributed by atoms with E-state index in [1.54, 1.807) is 19.3 Å². The number of hydrogen-bond acceptors (Lipinski definition) is 7. The van der Waals surface area contributed by atoms with Gasteiger partial charge in [0.05, 0.1) is 5.69 Å². The quantitative estimate of drug-likeness (QED) is 0.303. The molecule has 1 aromatic rings. The van der Waals surface area contributed by atoms with Gasteiger partial charge < -0.3 is 25.3 Å². The fourth-order valence-corrected chi connectivity index (χ4v) is 1.67. The van der Waals surface area contributed by atoms with Gasteiger partial charge in [-0.25, -0.2) is 9.78 Å². The first-order chi connectivity index (χ1) is 11.4. The summed E-state index contributed by atoms with van der Waals surface area (Å²) in [6, 6.07) is 1.85.